The van der Waals surface area contributed by atoms with E-state index in [2.05, 4.69) is 29.2 Å². The first-order chi connectivity index (χ1) is 11.6. The summed E-state index contributed by atoms with van der Waals surface area (Å²) in [5, 5.41) is 0. The molecule has 24 heavy (non-hydrogen) atoms. The van der Waals surface area contributed by atoms with Crippen LogP contribution in [0.15, 0.2) is 65.6 Å². The van der Waals surface area contributed by atoms with Crippen molar-refractivity contribution in [1.82, 2.24) is 9.21 Å². The minimum Gasteiger partial charge on any atom is -0.298 e. The molecule has 4 nitrogen and oxygen atoms in total. The molecule has 2 unspecified atom stereocenters. The van der Waals surface area contributed by atoms with E-state index in [1.54, 1.807) is 28.6 Å². The number of benzene rings is 2. The van der Waals surface area contributed by atoms with Crippen molar-refractivity contribution < 1.29 is 8.42 Å². The van der Waals surface area contributed by atoms with E-state index in [1.807, 2.05) is 12.1 Å². The van der Waals surface area contributed by atoms with Gasteiger partial charge in [0.25, 0.3) is 0 Å². The van der Waals surface area contributed by atoms with E-state index < -0.39 is 10.0 Å². The molecule has 2 aromatic rings. The smallest absolute Gasteiger partial charge is 0.243 e. The molecule has 0 amide bonds. The summed E-state index contributed by atoms with van der Waals surface area (Å²) >= 11 is 0. The van der Waals surface area contributed by atoms with Crippen molar-refractivity contribution in [1.29, 1.82) is 0 Å². The van der Waals surface area contributed by atoms with Gasteiger partial charge in [-0.2, -0.15) is 4.31 Å². The lowest BCUT2D eigenvalue weighted by Crippen LogP contribution is -2.33. The molecule has 2 aliphatic heterocycles. The first-order valence-electron chi connectivity index (χ1n) is 8.44. The van der Waals surface area contributed by atoms with Gasteiger partial charge < -0.3 is 0 Å². The molecule has 0 radical (unpaired) electrons. The van der Waals surface area contributed by atoms with E-state index in [0.29, 0.717) is 29.8 Å². The van der Waals surface area contributed by atoms with Crippen molar-refractivity contribution >= 4 is 10.0 Å². The summed E-state index contributed by atoms with van der Waals surface area (Å²) in [7, 11) is -3.34. The summed E-state index contributed by atoms with van der Waals surface area (Å²) in [5.41, 5.74) is 1.33. The van der Waals surface area contributed by atoms with Crippen LogP contribution in [-0.2, 0) is 16.6 Å². The molecule has 0 aliphatic carbocycles. The Morgan fingerprint density at radius 2 is 1.33 bits per heavy atom. The number of fused-ring (bicyclic) bond motifs is 1. The van der Waals surface area contributed by atoms with E-state index in [-0.39, 0.29) is 0 Å². The van der Waals surface area contributed by atoms with Gasteiger partial charge in [-0.05, 0) is 29.5 Å². The van der Waals surface area contributed by atoms with Gasteiger partial charge in [-0.25, -0.2) is 8.42 Å². The topological polar surface area (TPSA) is 40.6 Å². The van der Waals surface area contributed by atoms with Gasteiger partial charge >= 0.3 is 0 Å². The van der Waals surface area contributed by atoms with E-state index in [0.717, 1.165) is 19.6 Å². The Bertz CT molecular complexity index is 779. The number of hydrogen-bond donors (Lipinski definition) is 0. The highest BCUT2D eigenvalue weighted by molar-refractivity contribution is 7.89. The quantitative estimate of drug-likeness (QED) is 0.857. The average molecular weight is 342 g/mol. The van der Waals surface area contributed by atoms with Crippen LogP contribution in [0, 0.1) is 11.8 Å². The Labute approximate surface area is 143 Å². The van der Waals surface area contributed by atoms with E-state index in [4.69, 9.17) is 0 Å². The third kappa shape index (κ3) is 2.99. The van der Waals surface area contributed by atoms with Crippen molar-refractivity contribution in [3.8, 4) is 0 Å². The molecule has 0 aromatic heterocycles. The molecule has 0 saturated carbocycles. The molecule has 2 aromatic carbocycles. The average Bonchev–Trinajstić information content (AvgIpc) is 3.15. The normalized spacial score (nSPS) is 25.0. The molecule has 5 heteroatoms. The van der Waals surface area contributed by atoms with Crippen LogP contribution in [0.25, 0.3) is 0 Å². The fraction of sp³-hybridized carbons (Fsp3) is 0.368. The molecule has 2 heterocycles. The molecule has 2 aliphatic rings. The van der Waals surface area contributed by atoms with Crippen molar-refractivity contribution in [2.24, 2.45) is 11.8 Å². The maximum atomic E-state index is 12.8. The van der Waals surface area contributed by atoms with Gasteiger partial charge in [0.05, 0.1) is 4.90 Å². The highest BCUT2D eigenvalue weighted by Gasteiger charge is 2.44. The minimum absolute atomic E-state index is 0.408. The second-order valence-electron chi connectivity index (χ2n) is 6.83. The van der Waals surface area contributed by atoms with Crippen LogP contribution in [0.2, 0.25) is 0 Å². The number of hydrogen-bond acceptors (Lipinski definition) is 3. The van der Waals surface area contributed by atoms with Crippen LogP contribution in [0.5, 0.6) is 0 Å². The van der Waals surface area contributed by atoms with Gasteiger partial charge in [0.15, 0.2) is 0 Å². The molecule has 4 rings (SSSR count). The summed E-state index contributed by atoms with van der Waals surface area (Å²) in [6, 6.07) is 19.3. The predicted octanol–water partition coefficient (Wildman–Crippen LogP) is 2.44. The van der Waals surface area contributed by atoms with Gasteiger partial charge in [0, 0.05) is 32.7 Å². The Morgan fingerprint density at radius 3 is 1.92 bits per heavy atom. The van der Waals surface area contributed by atoms with Crippen LogP contribution in [0.1, 0.15) is 5.56 Å². The Kier molecular flexibility index (Phi) is 4.16. The molecule has 0 N–H and O–H groups in total. The van der Waals surface area contributed by atoms with Crippen LogP contribution < -0.4 is 0 Å². The third-order valence-corrected chi connectivity index (χ3v) is 7.00. The Morgan fingerprint density at radius 1 is 0.792 bits per heavy atom. The minimum atomic E-state index is -3.34. The van der Waals surface area contributed by atoms with E-state index in [1.165, 1.54) is 5.56 Å². The molecule has 0 bridgehead atoms. The fourth-order valence-electron chi connectivity index (χ4n) is 3.96. The summed E-state index contributed by atoms with van der Waals surface area (Å²) in [5.74, 6) is 0.902. The number of rotatable bonds is 4. The Balaban J connectivity index is 1.41. The lowest BCUT2D eigenvalue weighted by molar-refractivity contribution is 0.289. The fourth-order valence-corrected chi connectivity index (χ4v) is 5.53. The molecule has 2 saturated heterocycles. The maximum Gasteiger partial charge on any atom is 0.243 e. The van der Waals surface area contributed by atoms with Crippen LogP contribution >= 0.6 is 0 Å². The second kappa shape index (κ2) is 6.31. The molecular weight excluding hydrogens is 320 g/mol. The third-order valence-electron chi connectivity index (χ3n) is 5.16. The van der Waals surface area contributed by atoms with Crippen molar-refractivity contribution in [3.05, 3.63) is 66.2 Å². The predicted molar refractivity (Wildman–Crippen MR) is 93.9 cm³/mol. The van der Waals surface area contributed by atoms with Crippen LogP contribution in [-0.4, -0.2) is 43.8 Å². The number of likely N-dealkylation sites (tertiary alicyclic amines) is 1. The number of nitrogens with zero attached hydrogens (tertiary/aromatic N) is 2. The van der Waals surface area contributed by atoms with Crippen molar-refractivity contribution in [2.45, 2.75) is 11.4 Å². The second-order valence-corrected chi connectivity index (χ2v) is 8.77. The lowest BCUT2D eigenvalue weighted by atomic mass is 10.0. The Hall–Kier alpha value is -1.69. The van der Waals surface area contributed by atoms with Crippen LogP contribution in [0.4, 0.5) is 0 Å². The molecule has 126 valence electrons. The number of sulfonamides is 1. The van der Waals surface area contributed by atoms with Gasteiger partial charge in [0.1, 0.15) is 0 Å². The summed E-state index contributed by atoms with van der Waals surface area (Å²) in [6.45, 7) is 4.22. The standard InChI is InChI=1S/C19H22N2O2S/c22-24(23,19-9-5-2-6-10-19)21-14-17-12-20(13-18(17)15-21)11-16-7-3-1-4-8-16/h1-10,17-18H,11-15H2. The van der Waals surface area contributed by atoms with E-state index in [9.17, 15) is 8.42 Å². The zero-order valence-corrected chi connectivity index (χ0v) is 14.4. The van der Waals surface area contributed by atoms with Crippen molar-refractivity contribution in [2.75, 3.05) is 26.2 Å². The molecule has 2 atom stereocenters. The largest absolute Gasteiger partial charge is 0.298 e. The lowest BCUT2D eigenvalue weighted by Gasteiger charge is -2.21. The first-order valence-corrected chi connectivity index (χ1v) is 9.88. The zero-order valence-electron chi connectivity index (χ0n) is 13.6. The van der Waals surface area contributed by atoms with Gasteiger partial charge in [-0.3, -0.25) is 4.90 Å². The molecule has 2 fully saturated rings. The first kappa shape index (κ1) is 15.8. The van der Waals surface area contributed by atoms with Crippen molar-refractivity contribution in [3.63, 3.8) is 0 Å². The summed E-state index contributed by atoms with van der Waals surface area (Å²) in [4.78, 5) is 2.86. The molecule has 0 spiro atoms. The monoisotopic (exact) mass is 342 g/mol. The maximum absolute atomic E-state index is 12.8. The molecular formula is C19H22N2O2S. The van der Waals surface area contributed by atoms with Gasteiger partial charge in [-0.15, -0.1) is 0 Å². The zero-order chi connectivity index (χ0) is 16.6. The van der Waals surface area contributed by atoms with Crippen LogP contribution in [0.3, 0.4) is 0 Å². The van der Waals surface area contributed by atoms with E-state index >= 15 is 0 Å². The highest BCUT2D eigenvalue weighted by atomic mass is 32.2. The van der Waals surface area contributed by atoms with Gasteiger partial charge in [0.2, 0.25) is 10.0 Å². The summed E-state index contributed by atoms with van der Waals surface area (Å²) < 4.78 is 27.2. The van der Waals surface area contributed by atoms with Gasteiger partial charge in [-0.1, -0.05) is 48.5 Å². The SMILES string of the molecule is O=S(=O)(c1ccccc1)N1CC2CN(Cc3ccccc3)CC2C1. The highest BCUT2D eigenvalue weighted by Crippen LogP contribution is 2.34. The summed E-state index contributed by atoms with van der Waals surface area (Å²) in [6.07, 6.45) is 0.